The molecular formula is C10H10ClN3O4. The fourth-order valence-corrected chi connectivity index (χ4v) is 1.20. The number of amides is 5. The molecule has 0 atom stereocenters. The van der Waals surface area contributed by atoms with Gasteiger partial charge in [0.2, 0.25) is 0 Å². The highest BCUT2D eigenvalue weighted by Crippen LogP contribution is 2.14. The van der Waals surface area contributed by atoms with Gasteiger partial charge in [0.05, 0.1) is 7.11 Å². The molecule has 5 amide bonds. The molecule has 3 N–H and O–H groups in total. The average Bonchev–Trinajstić information content (AvgIpc) is 2.31. The minimum Gasteiger partial charge on any atom is -0.452 e. The normalized spacial score (nSPS) is 9.44. The summed E-state index contributed by atoms with van der Waals surface area (Å²) in [6.07, 6.45) is -1.17. The number of nitrogens with two attached hydrogens (primary N) is 1. The van der Waals surface area contributed by atoms with E-state index in [1.54, 1.807) is 0 Å². The average molecular weight is 272 g/mol. The van der Waals surface area contributed by atoms with Gasteiger partial charge in [0.25, 0.3) is 0 Å². The summed E-state index contributed by atoms with van der Waals surface area (Å²) in [5.74, 6) is 0. The molecule has 0 spiro atoms. The summed E-state index contributed by atoms with van der Waals surface area (Å²) < 4.78 is 4.26. The maximum Gasteiger partial charge on any atom is 0.426 e. The van der Waals surface area contributed by atoms with Gasteiger partial charge >= 0.3 is 18.2 Å². The molecule has 0 unspecified atom stereocenters. The van der Waals surface area contributed by atoms with E-state index >= 15 is 0 Å². The van der Waals surface area contributed by atoms with Crippen molar-refractivity contribution in [2.45, 2.75) is 0 Å². The van der Waals surface area contributed by atoms with Gasteiger partial charge in [-0.1, -0.05) is 11.6 Å². The molecule has 1 rings (SSSR count). The molecule has 96 valence electrons. The third-order valence-electron chi connectivity index (χ3n) is 1.88. The van der Waals surface area contributed by atoms with Crippen molar-refractivity contribution in [3.05, 3.63) is 29.3 Å². The second-order valence-electron chi connectivity index (χ2n) is 3.08. The Hall–Kier alpha value is -2.28. The van der Waals surface area contributed by atoms with Gasteiger partial charge in [-0.05, 0) is 24.3 Å². The van der Waals surface area contributed by atoms with E-state index < -0.39 is 18.2 Å². The monoisotopic (exact) mass is 271 g/mol. The Morgan fingerprint density at radius 3 is 2.28 bits per heavy atom. The van der Waals surface area contributed by atoms with Crippen LogP contribution < -0.4 is 11.1 Å². The second-order valence-corrected chi connectivity index (χ2v) is 3.52. The van der Waals surface area contributed by atoms with Crippen LogP contribution in [0.25, 0.3) is 0 Å². The summed E-state index contributed by atoms with van der Waals surface area (Å²) in [5.41, 5.74) is 5.24. The lowest BCUT2D eigenvalue weighted by molar-refractivity contribution is 0.139. The number of hydrogen-bond donors (Lipinski definition) is 2. The highest BCUT2D eigenvalue weighted by atomic mass is 35.5. The van der Waals surface area contributed by atoms with E-state index in [4.69, 9.17) is 17.3 Å². The lowest BCUT2D eigenvalue weighted by Crippen LogP contribution is -2.47. The minimum absolute atomic E-state index is 0.134. The summed E-state index contributed by atoms with van der Waals surface area (Å²) in [6, 6.07) is 3.80. The highest BCUT2D eigenvalue weighted by molar-refractivity contribution is 6.30. The molecule has 0 aliphatic rings. The number of methoxy groups -OCH3 is 1. The van der Waals surface area contributed by atoms with Crippen molar-refractivity contribution >= 4 is 35.4 Å². The van der Waals surface area contributed by atoms with Crippen molar-refractivity contribution in [3.8, 4) is 0 Å². The number of carbonyl (C=O) groups excluding carboxylic acids is 3. The zero-order valence-corrected chi connectivity index (χ0v) is 10.1. The highest BCUT2D eigenvalue weighted by Gasteiger charge is 2.27. The summed E-state index contributed by atoms with van der Waals surface area (Å²) in [5, 5.41) is 2.77. The Balaban J connectivity index is 2.82. The molecule has 0 fully saturated rings. The topological polar surface area (TPSA) is 102 Å². The number of benzene rings is 1. The minimum atomic E-state index is -1.24. The number of primary amides is 1. The number of urea groups is 2. The molecule has 0 aliphatic carbocycles. The van der Waals surface area contributed by atoms with Crippen LogP contribution >= 0.6 is 11.6 Å². The fraction of sp³-hybridized carbons (Fsp3) is 0.100. The number of rotatable bonds is 1. The molecule has 18 heavy (non-hydrogen) atoms. The molecule has 1 aromatic carbocycles. The van der Waals surface area contributed by atoms with Crippen LogP contribution in [0, 0.1) is 0 Å². The van der Waals surface area contributed by atoms with Crippen LogP contribution in [-0.4, -0.2) is 30.2 Å². The predicted octanol–water partition coefficient (Wildman–Crippen LogP) is 2.02. The third-order valence-corrected chi connectivity index (χ3v) is 2.13. The molecule has 0 aromatic heterocycles. The van der Waals surface area contributed by atoms with Gasteiger partial charge in [-0.3, -0.25) is 0 Å². The maximum atomic E-state index is 11.6. The zero-order chi connectivity index (χ0) is 13.7. The SMILES string of the molecule is COC(=O)N(C(N)=O)C(=O)Nc1ccc(Cl)cc1. The van der Waals surface area contributed by atoms with Crippen LogP contribution in [0.3, 0.4) is 0 Å². The Bertz CT molecular complexity index is 475. The maximum absolute atomic E-state index is 11.6. The predicted molar refractivity (Wildman–Crippen MR) is 64.3 cm³/mol. The van der Waals surface area contributed by atoms with Gasteiger partial charge in [-0.2, -0.15) is 0 Å². The van der Waals surface area contributed by atoms with Crippen molar-refractivity contribution in [2.75, 3.05) is 12.4 Å². The molecule has 7 nitrogen and oxygen atoms in total. The van der Waals surface area contributed by atoms with Crippen molar-refractivity contribution in [2.24, 2.45) is 5.73 Å². The Labute approximate surface area is 107 Å². The number of halogens is 1. The smallest absolute Gasteiger partial charge is 0.426 e. The number of nitrogens with zero attached hydrogens (tertiary/aromatic N) is 1. The Morgan fingerprint density at radius 2 is 1.83 bits per heavy atom. The molecule has 0 saturated carbocycles. The number of carbonyl (C=O) groups is 3. The first-order chi connectivity index (χ1) is 8.45. The lowest BCUT2D eigenvalue weighted by atomic mass is 10.3. The van der Waals surface area contributed by atoms with Crippen LogP contribution in [0.15, 0.2) is 24.3 Å². The number of hydrogen-bond acceptors (Lipinski definition) is 4. The molecule has 0 bridgehead atoms. The van der Waals surface area contributed by atoms with Crippen molar-refractivity contribution in [1.82, 2.24) is 4.90 Å². The molecule has 0 radical (unpaired) electrons. The first-order valence-electron chi connectivity index (χ1n) is 4.69. The number of ether oxygens (including phenoxy) is 1. The molecule has 0 saturated heterocycles. The Kier molecular flexibility index (Phi) is 4.50. The third kappa shape index (κ3) is 3.36. The van der Waals surface area contributed by atoms with Crippen LogP contribution in [-0.2, 0) is 4.74 Å². The van der Waals surface area contributed by atoms with E-state index in [9.17, 15) is 14.4 Å². The Morgan fingerprint density at radius 1 is 1.28 bits per heavy atom. The standard InChI is InChI=1S/C10H10ClN3O4/c1-18-10(17)14(8(12)15)9(16)13-7-4-2-6(11)3-5-7/h2-5H,1H3,(H2,12,15)(H,13,16). The van der Waals surface area contributed by atoms with Crippen LogP contribution in [0.2, 0.25) is 5.02 Å². The van der Waals surface area contributed by atoms with Crippen molar-refractivity contribution in [3.63, 3.8) is 0 Å². The van der Waals surface area contributed by atoms with Gasteiger partial charge in [-0.15, -0.1) is 4.90 Å². The van der Waals surface area contributed by atoms with E-state index in [1.165, 1.54) is 24.3 Å². The molecule has 1 aromatic rings. The molecule has 0 heterocycles. The van der Waals surface area contributed by atoms with Gasteiger partial charge < -0.3 is 15.8 Å². The summed E-state index contributed by atoms with van der Waals surface area (Å²) in [6.45, 7) is 0. The molecule has 0 aliphatic heterocycles. The van der Waals surface area contributed by atoms with Crippen molar-refractivity contribution in [1.29, 1.82) is 0 Å². The molecular weight excluding hydrogens is 262 g/mol. The van der Waals surface area contributed by atoms with Gasteiger partial charge in [0.15, 0.2) is 0 Å². The lowest BCUT2D eigenvalue weighted by Gasteiger charge is -2.15. The van der Waals surface area contributed by atoms with E-state index in [1.807, 2.05) is 0 Å². The summed E-state index contributed by atoms with van der Waals surface area (Å²) in [4.78, 5) is 33.9. The first kappa shape index (κ1) is 13.8. The second kappa shape index (κ2) is 5.87. The first-order valence-corrected chi connectivity index (χ1v) is 5.07. The van der Waals surface area contributed by atoms with Gasteiger partial charge in [0.1, 0.15) is 0 Å². The van der Waals surface area contributed by atoms with Gasteiger partial charge in [-0.25, -0.2) is 14.4 Å². The quantitative estimate of drug-likeness (QED) is 0.815. The summed E-state index contributed by atoms with van der Waals surface area (Å²) >= 11 is 5.66. The van der Waals surface area contributed by atoms with Gasteiger partial charge in [0, 0.05) is 10.7 Å². The summed E-state index contributed by atoms with van der Waals surface area (Å²) in [7, 11) is 1.02. The van der Waals surface area contributed by atoms with Crippen LogP contribution in [0.5, 0.6) is 0 Å². The van der Waals surface area contributed by atoms with Crippen LogP contribution in [0.1, 0.15) is 0 Å². The van der Waals surface area contributed by atoms with Crippen LogP contribution in [0.4, 0.5) is 20.1 Å². The fourth-order valence-electron chi connectivity index (χ4n) is 1.08. The molecule has 8 heteroatoms. The largest absolute Gasteiger partial charge is 0.452 e. The van der Waals surface area contributed by atoms with Crippen molar-refractivity contribution < 1.29 is 19.1 Å². The number of anilines is 1. The van der Waals surface area contributed by atoms with E-state index in [0.29, 0.717) is 10.7 Å². The number of imide groups is 3. The van der Waals surface area contributed by atoms with E-state index in [0.717, 1.165) is 7.11 Å². The van der Waals surface area contributed by atoms with E-state index in [2.05, 4.69) is 10.1 Å². The zero-order valence-electron chi connectivity index (χ0n) is 9.34. The van der Waals surface area contributed by atoms with E-state index in [-0.39, 0.29) is 4.90 Å². The number of nitrogens with one attached hydrogen (secondary N) is 1.